The zero-order valence-electron chi connectivity index (χ0n) is 11.2. The normalized spacial score (nSPS) is 19.8. The van der Waals surface area contributed by atoms with Crippen LogP contribution in [0.15, 0.2) is 18.2 Å². The van der Waals surface area contributed by atoms with Gasteiger partial charge in [0.1, 0.15) is 5.82 Å². The van der Waals surface area contributed by atoms with E-state index in [-0.39, 0.29) is 0 Å². The van der Waals surface area contributed by atoms with Gasteiger partial charge in [-0.05, 0) is 43.5 Å². The van der Waals surface area contributed by atoms with Gasteiger partial charge in [0.15, 0.2) is 0 Å². The number of imidazole rings is 1. The molecule has 3 nitrogen and oxygen atoms in total. The number of nitrogens with one attached hydrogen (secondary N) is 1. The summed E-state index contributed by atoms with van der Waals surface area (Å²) in [5.74, 6) is 1.99. The maximum Gasteiger partial charge on any atom is 0.109 e. The summed E-state index contributed by atoms with van der Waals surface area (Å²) in [7, 11) is 2.16. The summed E-state index contributed by atoms with van der Waals surface area (Å²) in [5, 5.41) is 3.43. The van der Waals surface area contributed by atoms with E-state index in [1.54, 1.807) is 0 Å². The first-order valence-electron chi connectivity index (χ1n) is 6.93. The Labute approximate surface area is 108 Å². The molecule has 1 saturated heterocycles. The molecule has 1 atom stereocenters. The Morgan fingerprint density at radius 1 is 1.44 bits per heavy atom. The fourth-order valence-electron chi connectivity index (χ4n) is 3.01. The molecule has 1 fully saturated rings. The van der Waals surface area contributed by atoms with Crippen molar-refractivity contribution in [2.45, 2.75) is 26.2 Å². The van der Waals surface area contributed by atoms with Gasteiger partial charge >= 0.3 is 0 Å². The number of para-hydroxylation sites is 1. The number of aryl methyl sites for hydroxylation is 2. The van der Waals surface area contributed by atoms with Gasteiger partial charge in [-0.3, -0.25) is 0 Å². The number of hydrogen-bond donors (Lipinski definition) is 1. The van der Waals surface area contributed by atoms with Crippen LogP contribution in [0, 0.1) is 5.92 Å². The van der Waals surface area contributed by atoms with Gasteiger partial charge in [0.25, 0.3) is 0 Å². The van der Waals surface area contributed by atoms with Crippen LogP contribution in [0.3, 0.4) is 0 Å². The average molecular weight is 243 g/mol. The summed E-state index contributed by atoms with van der Waals surface area (Å²) in [6, 6.07) is 6.46. The smallest absolute Gasteiger partial charge is 0.109 e. The molecule has 0 radical (unpaired) electrons. The summed E-state index contributed by atoms with van der Waals surface area (Å²) in [4.78, 5) is 4.82. The van der Waals surface area contributed by atoms with Crippen LogP contribution in [0.2, 0.25) is 0 Å². The fourth-order valence-corrected chi connectivity index (χ4v) is 3.01. The molecule has 0 amide bonds. The number of fused-ring (bicyclic) bond motifs is 1. The second-order valence-corrected chi connectivity index (χ2v) is 5.29. The maximum absolute atomic E-state index is 4.82. The van der Waals surface area contributed by atoms with E-state index in [4.69, 9.17) is 4.98 Å². The van der Waals surface area contributed by atoms with Crippen LogP contribution in [0.4, 0.5) is 0 Å². The lowest BCUT2D eigenvalue weighted by Gasteiger charge is -2.08. The first-order chi connectivity index (χ1) is 8.79. The average Bonchev–Trinajstić information content (AvgIpc) is 2.99. The quantitative estimate of drug-likeness (QED) is 0.896. The molecule has 0 saturated carbocycles. The van der Waals surface area contributed by atoms with Crippen LogP contribution >= 0.6 is 0 Å². The third-order valence-electron chi connectivity index (χ3n) is 4.08. The van der Waals surface area contributed by atoms with E-state index in [0.717, 1.165) is 37.4 Å². The standard InChI is InChI=1S/C15H21N3/c1-3-12-5-4-6-13-15(12)18(2)14(17-13)9-11-7-8-16-10-11/h4-6,11,16H,3,7-10H2,1-2H3. The molecule has 0 spiro atoms. The van der Waals surface area contributed by atoms with Crippen molar-refractivity contribution in [2.24, 2.45) is 13.0 Å². The molecule has 1 aliphatic heterocycles. The molecular formula is C15H21N3. The molecule has 0 aliphatic carbocycles. The van der Waals surface area contributed by atoms with Crippen LogP contribution in [0.1, 0.15) is 24.7 Å². The predicted octanol–water partition coefficient (Wildman–Crippen LogP) is 2.29. The molecule has 2 aromatic rings. The Kier molecular flexibility index (Phi) is 3.08. The van der Waals surface area contributed by atoms with Gasteiger partial charge in [-0.25, -0.2) is 4.98 Å². The first-order valence-corrected chi connectivity index (χ1v) is 6.93. The van der Waals surface area contributed by atoms with Crippen molar-refractivity contribution in [1.82, 2.24) is 14.9 Å². The highest BCUT2D eigenvalue weighted by Crippen LogP contribution is 2.22. The molecule has 3 heteroatoms. The van der Waals surface area contributed by atoms with Crippen molar-refractivity contribution in [3.8, 4) is 0 Å². The van der Waals surface area contributed by atoms with Gasteiger partial charge < -0.3 is 9.88 Å². The molecule has 0 bridgehead atoms. The molecule has 1 unspecified atom stereocenters. The third-order valence-corrected chi connectivity index (χ3v) is 4.08. The second kappa shape index (κ2) is 4.73. The van der Waals surface area contributed by atoms with E-state index >= 15 is 0 Å². The van der Waals surface area contributed by atoms with Gasteiger partial charge in [0.05, 0.1) is 11.0 Å². The zero-order chi connectivity index (χ0) is 12.5. The van der Waals surface area contributed by atoms with E-state index in [2.05, 4.69) is 42.1 Å². The van der Waals surface area contributed by atoms with E-state index < -0.39 is 0 Å². The van der Waals surface area contributed by atoms with Gasteiger partial charge in [0.2, 0.25) is 0 Å². The minimum absolute atomic E-state index is 0.755. The van der Waals surface area contributed by atoms with E-state index in [0.29, 0.717) is 0 Å². The Morgan fingerprint density at radius 3 is 3.06 bits per heavy atom. The molecule has 96 valence electrons. The second-order valence-electron chi connectivity index (χ2n) is 5.29. The zero-order valence-corrected chi connectivity index (χ0v) is 11.2. The number of nitrogens with zero attached hydrogens (tertiary/aromatic N) is 2. The summed E-state index contributed by atoms with van der Waals surface area (Å²) >= 11 is 0. The lowest BCUT2D eigenvalue weighted by atomic mass is 10.0. The molecular weight excluding hydrogens is 222 g/mol. The summed E-state index contributed by atoms with van der Waals surface area (Å²) in [5.41, 5.74) is 3.87. The van der Waals surface area contributed by atoms with Gasteiger partial charge in [-0.15, -0.1) is 0 Å². The van der Waals surface area contributed by atoms with Crippen LogP contribution in [-0.2, 0) is 19.9 Å². The summed E-state index contributed by atoms with van der Waals surface area (Å²) in [6.45, 7) is 4.51. The highest BCUT2D eigenvalue weighted by molar-refractivity contribution is 5.79. The van der Waals surface area contributed by atoms with Gasteiger partial charge in [-0.1, -0.05) is 19.1 Å². The summed E-state index contributed by atoms with van der Waals surface area (Å²) in [6.07, 6.45) is 3.45. The third kappa shape index (κ3) is 1.93. The Morgan fingerprint density at radius 2 is 2.33 bits per heavy atom. The lowest BCUT2D eigenvalue weighted by Crippen LogP contribution is -2.13. The Bertz CT molecular complexity index is 550. The molecule has 2 heterocycles. The molecule has 1 aliphatic rings. The summed E-state index contributed by atoms with van der Waals surface area (Å²) < 4.78 is 2.30. The molecule has 18 heavy (non-hydrogen) atoms. The number of hydrogen-bond acceptors (Lipinski definition) is 2. The highest BCUT2D eigenvalue weighted by atomic mass is 15.1. The van der Waals surface area contributed by atoms with Crippen molar-refractivity contribution in [3.63, 3.8) is 0 Å². The SMILES string of the molecule is CCc1cccc2nc(CC3CCNC3)n(C)c12. The molecule has 3 rings (SSSR count). The number of rotatable bonds is 3. The van der Waals surface area contributed by atoms with Crippen molar-refractivity contribution in [2.75, 3.05) is 13.1 Å². The molecule has 1 aromatic carbocycles. The topological polar surface area (TPSA) is 29.9 Å². The van der Waals surface area contributed by atoms with E-state index in [1.807, 2.05) is 0 Å². The Hall–Kier alpha value is -1.35. The largest absolute Gasteiger partial charge is 0.331 e. The predicted molar refractivity (Wildman–Crippen MR) is 74.8 cm³/mol. The monoisotopic (exact) mass is 243 g/mol. The molecule has 1 aromatic heterocycles. The van der Waals surface area contributed by atoms with Crippen molar-refractivity contribution in [3.05, 3.63) is 29.6 Å². The van der Waals surface area contributed by atoms with Gasteiger partial charge in [-0.2, -0.15) is 0 Å². The van der Waals surface area contributed by atoms with Crippen molar-refractivity contribution < 1.29 is 0 Å². The highest BCUT2D eigenvalue weighted by Gasteiger charge is 2.18. The minimum atomic E-state index is 0.755. The first kappa shape index (κ1) is 11.7. The molecule has 1 N–H and O–H groups in total. The van der Waals surface area contributed by atoms with Crippen LogP contribution in [0.25, 0.3) is 11.0 Å². The lowest BCUT2D eigenvalue weighted by molar-refractivity contribution is 0.552. The van der Waals surface area contributed by atoms with Crippen molar-refractivity contribution in [1.29, 1.82) is 0 Å². The Balaban J connectivity index is 2.00. The van der Waals surface area contributed by atoms with E-state index in [9.17, 15) is 0 Å². The van der Waals surface area contributed by atoms with Crippen LogP contribution < -0.4 is 5.32 Å². The number of aromatic nitrogens is 2. The van der Waals surface area contributed by atoms with Crippen molar-refractivity contribution >= 4 is 11.0 Å². The minimum Gasteiger partial charge on any atom is -0.331 e. The van der Waals surface area contributed by atoms with E-state index in [1.165, 1.54) is 23.3 Å². The van der Waals surface area contributed by atoms with Gasteiger partial charge in [0, 0.05) is 13.5 Å². The fraction of sp³-hybridized carbons (Fsp3) is 0.533. The van der Waals surface area contributed by atoms with Crippen LogP contribution in [0.5, 0.6) is 0 Å². The van der Waals surface area contributed by atoms with Crippen LogP contribution in [-0.4, -0.2) is 22.6 Å². The number of benzene rings is 1. The maximum atomic E-state index is 4.82.